The van der Waals surface area contributed by atoms with Crippen LogP contribution in [0.4, 0.5) is 18.9 Å². The fourth-order valence-corrected chi connectivity index (χ4v) is 1.99. The zero-order valence-corrected chi connectivity index (χ0v) is 9.46. The highest BCUT2D eigenvalue weighted by molar-refractivity contribution is 9.10. The van der Waals surface area contributed by atoms with E-state index in [-0.39, 0.29) is 0 Å². The van der Waals surface area contributed by atoms with Gasteiger partial charge < -0.3 is 4.18 Å². The molecule has 2 bridgehead atoms. The van der Waals surface area contributed by atoms with Gasteiger partial charge in [-0.2, -0.15) is 12.8 Å². The first-order chi connectivity index (χ1) is 7.33. The second-order valence-electron chi connectivity index (χ2n) is 2.64. The minimum atomic E-state index is -4.69. The summed E-state index contributed by atoms with van der Waals surface area (Å²) in [6.45, 7) is 0. The van der Waals surface area contributed by atoms with E-state index < -0.39 is 43.8 Å². The summed E-state index contributed by atoms with van der Waals surface area (Å²) in [5.41, 5.74) is 0.718. The lowest BCUT2D eigenvalue weighted by atomic mass is 10.2. The molecular formula is C6HBrF3NO4S. The highest BCUT2D eigenvalue weighted by atomic mass is 79.9. The van der Waals surface area contributed by atoms with Crippen LogP contribution in [0.2, 0.25) is 0 Å². The van der Waals surface area contributed by atoms with Crippen LogP contribution < -0.4 is 9.66 Å². The third kappa shape index (κ3) is 1.62. The monoisotopic (exact) mass is 319 g/mol. The number of hydrogen-bond donors (Lipinski definition) is 1. The maximum atomic E-state index is 13.3. The minimum absolute atomic E-state index is 0.545. The lowest BCUT2D eigenvalue weighted by Crippen LogP contribution is -2.23. The Morgan fingerprint density at radius 1 is 1.12 bits per heavy atom. The van der Waals surface area contributed by atoms with Crippen LogP contribution >= 0.6 is 15.9 Å². The SMILES string of the molecule is O=S1(=O)ONc2c(F)c(F)c(c(F)c2Br)O1. The number of rotatable bonds is 0. The third-order valence-electron chi connectivity index (χ3n) is 1.65. The molecule has 0 radical (unpaired) electrons. The summed E-state index contributed by atoms with van der Waals surface area (Å²) in [5.74, 6) is -6.09. The smallest absolute Gasteiger partial charge is 0.354 e. The van der Waals surface area contributed by atoms with Gasteiger partial charge in [-0.15, -0.1) is 4.28 Å². The standard InChI is InChI=1S/C6HBrF3NO4S/c7-1-2(8)6-4(10)3(9)5(1)11-15-16(12,13)14-6/h11H. The van der Waals surface area contributed by atoms with Crippen LogP contribution in [0.3, 0.4) is 0 Å². The fraction of sp³-hybridized carbons (Fsp3) is 0. The van der Waals surface area contributed by atoms with Crippen LogP contribution in [-0.4, -0.2) is 8.42 Å². The molecule has 0 unspecified atom stereocenters. The summed E-state index contributed by atoms with van der Waals surface area (Å²) in [4.78, 5) is 0. The Balaban J connectivity index is 2.82. The number of benzene rings is 1. The summed E-state index contributed by atoms with van der Waals surface area (Å²) in [5, 5.41) is 0. The lowest BCUT2D eigenvalue weighted by Gasteiger charge is -2.17. The summed E-state index contributed by atoms with van der Waals surface area (Å²) < 4.78 is 68.6. The van der Waals surface area contributed by atoms with Crippen LogP contribution in [0.25, 0.3) is 0 Å². The molecular weight excluding hydrogens is 319 g/mol. The van der Waals surface area contributed by atoms with Crippen molar-refractivity contribution in [1.82, 2.24) is 0 Å². The molecule has 0 spiro atoms. The second-order valence-corrected chi connectivity index (χ2v) is 4.58. The Kier molecular flexibility index (Phi) is 2.51. The molecule has 0 aromatic heterocycles. The van der Waals surface area contributed by atoms with E-state index in [2.05, 4.69) is 24.4 Å². The van der Waals surface area contributed by atoms with Crippen LogP contribution in [0.15, 0.2) is 4.47 Å². The maximum Gasteiger partial charge on any atom is 0.470 e. The Bertz CT molecular complexity index is 547. The zero-order chi connectivity index (χ0) is 12.1. The van der Waals surface area contributed by atoms with Crippen LogP contribution in [-0.2, 0) is 14.7 Å². The van der Waals surface area contributed by atoms with Crippen molar-refractivity contribution >= 4 is 32.0 Å². The number of hydrogen-bond acceptors (Lipinski definition) is 5. The van der Waals surface area contributed by atoms with Gasteiger partial charge in [-0.1, -0.05) is 0 Å². The largest absolute Gasteiger partial charge is 0.470 e. The molecule has 16 heavy (non-hydrogen) atoms. The van der Waals surface area contributed by atoms with Gasteiger partial charge >= 0.3 is 10.4 Å². The average Bonchev–Trinajstić information content (AvgIpc) is 2.20. The van der Waals surface area contributed by atoms with Gasteiger partial charge in [0.1, 0.15) is 5.69 Å². The van der Waals surface area contributed by atoms with E-state index >= 15 is 0 Å². The van der Waals surface area contributed by atoms with Gasteiger partial charge in [-0.05, 0) is 15.9 Å². The zero-order valence-electron chi connectivity index (χ0n) is 7.05. The first-order valence-corrected chi connectivity index (χ1v) is 5.71. The lowest BCUT2D eigenvalue weighted by molar-refractivity contribution is 0.298. The molecule has 3 rings (SSSR count). The van der Waals surface area contributed by atoms with Gasteiger partial charge in [0.2, 0.25) is 11.6 Å². The van der Waals surface area contributed by atoms with E-state index in [0.29, 0.717) is 0 Å². The quantitative estimate of drug-likeness (QED) is 0.739. The van der Waals surface area contributed by atoms with Gasteiger partial charge in [0, 0.05) is 0 Å². The summed E-state index contributed by atoms with van der Waals surface area (Å²) in [6, 6.07) is 0. The molecule has 2 heterocycles. The van der Waals surface area contributed by atoms with E-state index in [1.807, 2.05) is 0 Å². The first-order valence-electron chi connectivity index (χ1n) is 3.58. The van der Waals surface area contributed by atoms with Crippen molar-refractivity contribution < 1.29 is 30.1 Å². The number of halogens is 4. The summed E-state index contributed by atoms with van der Waals surface area (Å²) in [7, 11) is -4.69. The van der Waals surface area contributed by atoms with Gasteiger partial charge in [-0.3, -0.25) is 0 Å². The molecule has 88 valence electrons. The molecule has 0 saturated heterocycles. The van der Waals surface area contributed by atoms with Gasteiger partial charge in [0.15, 0.2) is 11.6 Å². The highest BCUT2D eigenvalue weighted by Crippen LogP contribution is 2.39. The normalized spacial score (nSPS) is 17.2. The van der Waals surface area contributed by atoms with E-state index in [0.717, 1.165) is 0 Å². The Morgan fingerprint density at radius 2 is 1.75 bits per heavy atom. The Labute approximate surface area is 95.6 Å². The Hall–Kier alpha value is -1.00. The molecule has 0 amide bonds. The number of fused-ring (bicyclic) bond motifs is 5. The molecule has 0 atom stereocenters. The second kappa shape index (κ2) is 3.50. The highest BCUT2D eigenvalue weighted by Gasteiger charge is 2.33. The number of nitrogens with one attached hydrogen (secondary N) is 1. The average molecular weight is 320 g/mol. The van der Waals surface area contributed by atoms with Crippen molar-refractivity contribution in [3.05, 3.63) is 21.9 Å². The molecule has 1 aromatic carbocycles. The topological polar surface area (TPSA) is 64.6 Å². The van der Waals surface area contributed by atoms with Crippen molar-refractivity contribution in [1.29, 1.82) is 0 Å². The summed E-state index contributed by atoms with van der Waals surface area (Å²) in [6.07, 6.45) is 0. The van der Waals surface area contributed by atoms with Crippen molar-refractivity contribution in [3.8, 4) is 5.75 Å². The van der Waals surface area contributed by atoms with Gasteiger partial charge in [0.25, 0.3) is 0 Å². The minimum Gasteiger partial charge on any atom is -0.354 e. The van der Waals surface area contributed by atoms with Crippen LogP contribution in [0.1, 0.15) is 0 Å². The predicted molar refractivity (Wildman–Crippen MR) is 48.3 cm³/mol. The van der Waals surface area contributed by atoms with Crippen LogP contribution in [0, 0.1) is 17.5 Å². The molecule has 0 aliphatic carbocycles. The van der Waals surface area contributed by atoms with Crippen molar-refractivity contribution in [3.63, 3.8) is 0 Å². The molecule has 5 nitrogen and oxygen atoms in total. The van der Waals surface area contributed by atoms with E-state index in [4.69, 9.17) is 0 Å². The van der Waals surface area contributed by atoms with E-state index in [1.165, 1.54) is 5.48 Å². The van der Waals surface area contributed by atoms with E-state index in [9.17, 15) is 21.6 Å². The van der Waals surface area contributed by atoms with Crippen molar-refractivity contribution in [2.45, 2.75) is 0 Å². The molecule has 2 aliphatic rings. The molecule has 10 heteroatoms. The third-order valence-corrected chi connectivity index (χ3v) is 3.06. The van der Waals surface area contributed by atoms with Gasteiger partial charge in [-0.25, -0.2) is 14.3 Å². The summed E-state index contributed by atoms with van der Waals surface area (Å²) >= 11 is 2.59. The van der Waals surface area contributed by atoms with E-state index in [1.54, 1.807) is 0 Å². The molecule has 0 fully saturated rings. The predicted octanol–water partition coefficient (Wildman–Crippen LogP) is 1.85. The fourth-order valence-electron chi connectivity index (χ4n) is 0.986. The van der Waals surface area contributed by atoms with Crippen molar-refractivity contribution in [2.24, 2.45) is 0 Å². The first kappa shape index (κ1) is 11.5. The van der Waals surface area contributed by atoms with Gasteiger partial charge in [0.05, 0.1) is 4.47 Å². The molecule has 0 saturated carbocycles. The molecule has 1 aromatic rings. The Morgan fingerprint density at radius 3 is 2.38 bits per heavy atom. The van der Waals surface area contributed by atoms with Crippen LogP contribution in [0.5, 0.6) is 5.75 Å². The molecule has 1 N–H and O–H groups in total. The maximum absolute atomic E-state index is 13.3. The van der Waals surface area contributed by atoms with Crippen molar-refractivity contribution in [2.75, 3.05) is 5.48 Å². The molecule has 2 aliphatic heterocycles. The number of anilines is 1.